The molecular weight excluding hydrogens is 260 g/mol. The largest absolute Gasteiger partial charge is 0.394 e. The number of aliphatic hydroxyl groups is 1. The van der Waals surface area contributed by atoms with E-state index in [0.29, 0.717) is 11.1 Å². The maximum Gasteiger partial charge on any atom is 0.0765 e. The Bertz CT molecular complexity index is 559. The zero-order valence-electron chi connectivity index (χ0n) is 11.2. The predicted molar refractivity (Wildman–Crippen MR) is 79.5 cm³/mol. The van der Waals surface area contributed by atoms with Crippen LogP contribution in [0, 0.1) is 0 Å². The zero-order chi connectivity index (χ0) is 13.8. The normalized spacial score (nSPS) is 14.5. The average Bonchev–Trinajstić information content (AvgIpc) is 2.45. The molecule has 1 aromatic heterocycles. The van der Waals surface area contributed by atoms with Gasteiger partial charge in [-0.15, -0.1) is 0 Å². The standard InChI is InChI=1S/C15H19ClN2O/c1-3-10(2)18-14(9-19)12-6-7-13(16)11-5-4-8-17-15(11)12/h4-8,10,14,18-19H,3,9H2,1-2H3. The SMILES string of the molecule is CCC(C)NC(CO)c1ccc(Cl)c2cccnc12. The summed E-state index contributed by atoms with van der Waals surface area (Å²) >= 11 is 6.19. The fraction of sp³-hybridized carbons (Fsp3) is 0.400. The second kappa shape index (κ2) is 6.33. The van der Waals surface area contributed by atoms with Crippen LogP contribution in [0.15, 0.2) is 30.5 Å². The Morgan fingerprint density at radius 2 is 2.16 bits per heavy atom. The van der Waals surface area contributed by atoms with Crippen LogP contribution in [0.2, 0.25) is 5.02 Å². The van der Waals surface area contributed by atoms with Gasteiger partial charge in [0.15, 0.2) is 0 Å². The fourth-order valence-electron chi connectivity index (χ4n) is 2.14. The van der Waals surface area contributed by atoms with E-state index in [1.807, 2.05) is 24.3 Å². The molecule has 2 atom stereocenters. The molecule has 4 heteroatoms. The lowest BCUT2D eigenvalue weighted by molar-refractivity contribution is 0.235. The summed E-state index contributed by atoms with van der Waals surface area (Å²) in [5, 5.41) is 14.6. The molecule has 3 nitrogen and oxygen atoms in total. The van der Waals surface area contributed by atoms with Crippen molar-refractivity contribution in [2.75, 3.05) is 6.61 Å². The number of pyridine rings is 1. The maximum atomic E-state index is 9.63. The Balaban J connectivity index is 2.46. The Kier molecular flexibility index (Phi) is 4.75. The third-order valence-corrected chi connectivity index (χ3v) is 3.73. The molecule has 2 aromatic rings. The predicted octanol–water partition coefficient (Wildman–Crippen LogP) is 3.31. The van der Waals surface area contributed by atoms with Crippen LogP contribution < -0.4 is 5.32 Å². The number of fused-ring (bicyclic) bond motifs is 1. The van der Waals surface area contributed by atoms with Gasteiger partial charge in [0.2, 0.25) is 0 Å². The monoisotopic (exact) mass is 278 g/mol. The molecule has 102 valence electrons. The Hall–Kier alpha value is -1.16. The van der Waals surface area contributed by atoms with Gasteiger partial charge in [-0.1, -0.05) is 24.6 Å². The molecule has 19 heavy (non-hydrogen) atoms. The highest BCUT2D eigenvalue weighted by atomic mass is 35.5. The molecule has 0 saturated heterocycles. The number of hydrogen-bond acceptors (Lipinski definition) is 3. The molecule has 2 N–H and O–H groups in total. The first kappa shape index (κ1) is 14.3. The molecule has 0 radical (unpaired) electrons. The van der Waals surface area contributed by atoms with Crippen LogP contribution in [0.4, 0.5) is 0 Å². The second-order valence-electron chi connectivity index (χ2n) is 4.75. The van der Waals surface area contributed by atoms with E-state index in [1.165, 1.54) is 0 Å². The van der Waals surface area contributed by atoms with E-state index < -0.39 is 0 Å². The first-order valence-electron chi connectivity index (χ1n) is 6.57. The van der Waals surface area contributed by atoms with Crippen molar-refractivity contribution in [2.24, 2.45) is 0 Å². The molecular formula is C15H19ClN2O. The van der Waals surface area contributed by atoms with Crippen molar-refractivity contribution in [1.82, 2.24) is 10.3 Å². The van der Waals surface area contributed by atoms with Crippen molar-refractivity contribution in [2.45, 2.75) is 32.4 Å². The minimum absolute atomic E-state index is 0.0393. The number of aromatic nitrogens is 1. The summed E-state index contributed by atoms with van der Waals surface area (Å²) in [5.41, 5.74) is 1.84. The van der Waals surface area contributed by atoms with Crippen molar-refractivity contribution >= 4 is 22.5 Å². The quantitative estimate of drug-likeness (QED) is 0.882. The van der Waals surface area contributed by atoms with Gasteiger partial charge >= 0.3 is 0 Å². The third kappa shape index (κ3) is 3.06. The molecule has 1 heterocycles. The first-order chi connectivity index (χ1) is 9.17. The van der Waals surface area contributed by atoms with Gasteiger partial charge in [0.25, 0.3) is 0 Å². The highest BCUT2D eigenvalue weighted by Crippen LogP contribution is 2.28. The lowest BCUT2D eigenvalue weighted by Gasteiger charge is -2.22. The summed E-state index contributed by atoms with van der Waals surface area (Å²) in [6, 6.07) is 7.84. The fourth-order valence-corrected chi connectivity index (χ4v) is 2.36. The molecule has 0 aliphatic heterocycles. The highest BCUT2D eigenvalue weighted by Gasteiger charge is 2.16. The molecule has 0 fully saturated rings. The van der Waals surface area contributed by atoms with Gasteiger partial charge in [-0.05, 0) is 37.1 Å². The first-order valence-corrected chi connectivity index (χ1v) is 6.95. The van der Waals surface area contributed by atoms with E-state index in [2.05, 4.69) is 24.1 Å². The van der Waals surface area contributed by atoms with E-state index in [9.17, 15) is 5.11 Å². The lowest BCUT2D eigenvalue weighted by Crippen LogP contribution is -2.32. The van der Waals surface area contributed by atoms with E-state index in [0.717, 1.165) is 22.9 Å². The second-order valence-corrected chi connectivity index (χ2v) is 5.15. The van der Waals surface area contributed by atoms with Gasteiger partial charge < -0.3 is 10.4 Å². The minimum Gasteiger partial charge on any atom is -0.394 e. The molecule has 0 bridgehead atoms. The number of rotatable bonds is 5. The Morgan fingerprint density at radius 1 is 1.37 bits per heavy atom. The molecule has 0 aliphatic carbocycles. The van der Waals surface area contributed by atoms with Crippen LogP contribution in [-0.2, 0) is 0 Å². The summed E-state index contributed by atoms with van der Waals surface area (Å²) in [7, 11) is 0. The number of nitrogens with one attached hydrogen (secondary N) is 1. The van der Waals surface area contributed by atoms with E-state index in [1.54, 1.807) is 6.20 Å². The molecule has 0 spiro atoms. The maximum absolute atomic E-state index is 9.63. The van der Waals surface area contributed by atoms with Gasteiger partial charge in [-0.25, -0.2) is 0 Å². The topological polar surface area (TPSA) is 45.1 Å². The van der Waals surface area contributed by atoms with E-state index in [4.69, 9.17) is 11.6 Å². The third-order valence-electron chi connectivity index (χ3n) is 3.40. The number of hydrogen-bond donors (Lipinski definition) is 2. The summed E-state index contributed by atoms with van der Waals surface area (Å²) in [6.07, 6.45) is 2.76. The van der Waals surface area contributed by atoms with Crippen LogP contribution in [-0.4, -0.2) is 22.7 Å². The summed E-state index contributed by atoms with van der Waals surface area (Å²) in [4.78, 5) is 4.41. The molecule has 1 aromatic carbocycles. The molecule has 2 unspecified atom stereocenters. The number of aliphatic hydroxyl groups excluding tert-OH is 1. The molecule has 2 rings (SSSR count). The van der Waals surface area contributed by atoms with Crippen LogP contribution in [0.3, 0.4) is 0 Å². The van der Waals surface area contributed by atoms with Gasteiger partial charge in [0.05, 0.1) is 18.2 Å². The van der Waals surface area contributed by atoms with Crippen LogP contribution in [0.25, 0.3) is 10.9 Å². The van der Waals surface area contributed by atoms with Crippen LogP contribution >= 0.6 is 11.6 Å². The molecule has 0 amide bonds. The van der Waals surface area contributed by atoms with Crippen molar-refractivity contribution in [3.8, 4) is 0 Å². The lowest BCUT2D eigenvalue weighted by atomic mass is 10.0. The molecule has 0 aliphatic rings. The van der Waals surface area contributed by atoms with Gasteiger partial charge in [0, 0.05) is 22.6 Å². The van der Waals surface area contributed by atoms with Gasteiger partial charge in [-0.3, -0.25) is 4.98 Å². The van der Waals surface area contributed by atoms with Crippen LogP contribution in [0.1, 0.15) is 31.9 Å². The smallest absolute Gasteiger partial charge is 0.0765 e. The van der Waals surface area contributed by atoms with E-state index in [-0.39, 0.29) is 12.6 Å². The van der Waals surface area contributed by atoms with Crippen molar-refractivity contribution in [1.29, 1.82) is 0 Å². The number of benzene rings is 1. The Morgan fingerprint density at radius 3 is 2.84 bits per heavy atom. The average molecular weight is 279 g/mol. The Labute approximate surface area is 118 Å². The van der Waals surface area contributed by atoms with Gasteiger partial charge in [0.1, 0.15) is 0 Å². The van der Waals surface area contributed by atoms with Crippen molar-refractivity contribution in [3.05, 3.63) is 41.0 Å². The van der Waals surface area contributed by atoms with Crippen molar-refractivity contribution in [3.63, 3.8) is 0 Å². The van der Waals surface area contributed by atoms with Crippen molar-refractivity contribution < 1.29 is 5.11 Å². The summed E-state index contributed by atoms with van der Waals surface area (Å²) in [5.74, 6) is 0. The summed E-state index contributed by atoms with van der Waals surface area (Å²) in [6.45, 7) is 4.26. The summed E-state index contributed by atoms with van der Waals surface area (Å²) < 4.78 is 0. The zero-order valence-corrected chi connectivity index (χ0v) is 12.0. The molecule has 0 saturated carbocycles. The number of nitrogens with zero attached hydrogens (tertiary/aromatic N) is 1. The van der Waals surface area contributed by atoms with Gasteiger partial charge in [-0.2, -0.15) is 0 Å². The minimum atomic E-state index is -0.121. The van der Waals surface area contributed by atoms with Crippen LogP contribution in [0.5, 0.6) is 0 Å². The highest BCUT2D eigenvalue weighted by molar-refractivity contribution is 6.35. The van der Waals surface area contributed by atoms with E-state index >= 15 is 0 Å². The number of halogens is 1.